The lowest BCUT2D eigenvalue weighted by Crippen LogP contribution is -2.72. The van der Waals surface area contributed by atoms with E-state index < -0.39 is 29.7 Å². The second-order valence-corrected chi connectivity index (χ2v) is 5.36. The molecule has 1 heterocycles. The second kappa shape index (κ2) is 6.85. The summed E-state index contributed by atoms with van der Waals surface area (Å²) >= 11 is 0. The number of benzene rings is 1. The van der Waals surface area contributed by atoms with Crippen molar-refractivity contribution in [2.75, 3.05) is 5.32 Å². The van der Waals surface area contributed by atoms with Crippen LogP contribution in [0.3, 0.4) is 0 Å². The summed E-state index contributed by atoms with van der Waals surface area (Å²) < 4.78 is 81.2. The highest BCUT2D eigenvalue weighted by molar-refractivity contribution is 5.95. The molecule has 0 aliphatic heterocycles. The number of carbonyl (C=O) groups excluding carboxylic acids is 1. The first-order valence-electron chi connectivity index (χ1n) is 7.19. The van der Waals surface area contributed by atoms with Crippen molar-refractivity contribution in [3.05, 3.63) is 59.8 Å². The van der Waals surface area contributed by atoms with Gasteiger partial charge in [-0.2, -0.15) is 26.3 Å². The molecule has 2 aromatic rings. The number of aryl methyl sites for hydroxylation is 1. The van der Waals surface area contributed by atoms with Gasteiger partial charge in [0, 0.05) is 11.8 Å². The Bertz CT molecular complexity index is 760. The van der Waals surface area contributed by atoms with Crippen LogP contribution in [0.4, 0.5) is 32.2 Å². The number of aromatic nitrogens is 1. The Balaban J connectivity index is 2.54. The normalized spacial score (nSPS) is 12.6. The van der Waals surface area contributed by atoms with Crippen LogP contribution < -0.4 is 10.6 Å². The van der Waals surface area contributed by atoms with Crippen LogP contribution in [0.1, 0.15) is 15.9 Å². The third-order valence-electron chi connectivity index (χ3n) is 3.50. The van der Waals surface area contributed by atoms with Crippen molar-refractivity contribution in [1.29, 1.82) is 0 Å². The second-order valence-electron chi connectivity index (χ2n) is 5.36. The Labute approximate surface area is 144 Å². The van der Waals surface area contributed by atoms with E-state index in [0.717, 1.165) is 23.6 Å². The fraction of sp³-hybridized carbons (Fsp3) is 0.250. The van der Waals surface area contributed by atoms with E-state index in [1.54, 1.807) is 0 Å². The summed E-state index contributed by atoms with van der Waals surface area (Å²) in [5.74, 6) is -2.20. The Hall–Kier alpha value is -2.78. The number of rotatable bonds is 4. The number of alkyl halides is 6. The maximum Gasteiger partial charge on any atom is 0.439 e. The predicted octanol–water partition coefficient (Wildman–Crippen LogP) is 4.05. The fourth-order valence-corrected chi connectivity index (χ4v) is 2.10. The van der Waals surface area contributed by atoms with Crippen molar-refractivity contribution in [1.82, 2.24) is 10.3 Å². The Kier molecular flexibility index (Phi) is 5.15. The summed E-state index contributed by atoms with van der Waals surface area (Å²) in [4.78, 5) is 15.6. The average molecular weight is 377 g/mol. The van der Waals surface area contributed by atoms with Crippen molar-refractivity contribution in [3.63, 3.8) is 0 Å². The molecule has 0 saturated carbocycles. The summed E-state index contributed by atoms with van der Waals surface area (Å²) in [7, 11) is 0. The lowest BCUT2D eigenvalue weighted by molar-refractivity contribution is -0.294. The van der Waals surface area contributed by atoms with E-state index in [0.29, 0.717) is 0 Å². The zero-order chi connectivity index (χ0) is 19.6. The number of halogens is 6. The van der Waals surface area contributed by atoms with E-state index in [1.807, 2.05) is 0 Å². The molecule has 2 rings (SSSR count). The lowest BCUT2D eigenvalue weighted by Gasteiger charge is -2.38. The maximum absolute atomic E-state index is 13.5. The smallest absolute Gasteiger partial charge is 0.332 e. The Morgan fingerprint density at radius 2 is 1.50 bits per heavy atom. The van der Waals surface area contributed by atoms with E-state index in [4.69, 9.17) is 0 Å². The third kappa shape index (κ3) is 3.73. The third-order valence-corrected chi connectivity index (χ3v) is 3.50. The first kappa shape index (κ1) is 19.5. The van der Waals surface area contributed by atoms with Crippen LogP contribution in [0.25, 0.3) is 0 Å². The van der Waals surface area contributed by atoms with Gasteiger partial charge in [-0.25, -0.2) is 4.98 Å². The molecule has 140 valence electrons. The molecule has 1 aromatic carbocycles. The first-order chi connectivity index (χ1) is 12.0. The van der Waals surface area contributed by atoms with Gasteiger partial charge in [-0.1, -0.05) is 24.3 Å². The minimum absolute atomic E-state index is 0.0411. The first-order valence-corrected chi connectivity index (χ1v) is 7.19. The van der Waals surface area contributed by atoms with Crippen molar-refractivity contribution >= 4 is 11.7 Å². The molecular formula is C16H13F6N3O. The van der Waals surface area contributed by atoms with Gasteiger partial charge in [-0.3, -0.25) is 4.79 Å². The van der Waals surface area contributed by atoms with E-state index in [-0.39, 0.29) is 11.1 Å². The van der Waals surface area contributed by atoms with Gasteiger partial charge in [0.25, 0.3) is 5.91 Å². The van der Waals surface area contributed by atoms with Crippen molar-refractivity contribution in [2.45, 2.75) is 24.9 Å². The van der Waals surface area contributed by atoms with Gasteiger partial charge in [-0.05, 0) is 30.7 Å². The monoisotopic (exact) mass is 377 g/mol. The maximum atomic E-state index is 13.5. The molecule has 0 aliphatic rings. The molecule has 2 N–H and O–H groups in total. The van der Waals surface area contributed by atoms with Gasteiger partial charge in [0.2, 0.25) is 0 Å². The highest BCUT2D eigenvalue weighted by Crippen LogP contribution is 2.43. The van der Waals surface area contributed by atoms with Crippen molar-refractivity contribution in [3.8, 4) is 0 Å². The summed E-state index contributed by atoms with van der Waals surface area (Å²) in [6.45, 7) is 1.28. The average Bonchev–Trinajstić information content (AvgIpc) is 2.54. The number of hydrogen-bond donors (Lipinski definition) is 2. The fourth-order valence-electron chi connectivity index (χ4n) is 2.10. The number of amides is 1. The molecule has 1 aromatic heterocycles. The zero-order valence-corrected chi connectivity index (χ0v) is 13.2. The van der Waals surface area contributed by atoms with Crippen LogP contribution >= 0.6 is 0 Å². The van der Waals surface area contributed by atoms with Gasteiger partial charge in [0.1, 0.15) is 5.82 Å². The van der Waals surface area contributed by atoms with Crippen molar-refractivity contribution in [2.24, 2.45) is 0 Å². The standard InChI is InChI=1S/C16H13F6N3O/c1-10-6-5-9-23-12(10)24-14(15(17,18)19,16(20,21)22)25-13(26)11-7-3-2-4-8-11/h2-9H,1H3,(H,23,24)(H,25,26). The van der Waals surface area contributed by atoms with Gasteiger partial charge >= 0.3 is 18.0 Å². The van der Waals surface area contributed by atoms with E-state index in [1.165, 1.54) is 42.6 Å². The molecule has 10 heteroatoms. The largest absolute Gasteiger partial charge is 0.439 e. The summed E-state index contributed by atoms with van der Waals surface area (Å²) in [6.07, 6.45) is -10.8. The van der Waals surface area contributed by atoms with Crippen LogP contribution in [0, 0.1) is 6.92 Å². The van der Waals surface area contributed by atoms with Gasteiger partial charge in [-0.15, -0.1) is 0 Å². The summed E-state index contributed by atoms with van der Waals surface area (Å²) in [6, 6.07) is 8.92. The van der Waals surface area contributed by atoms with Crippen LogP contribution in [0.5, 0.6) is 0 Å². The number of hydrogen-bond acceptors (Lipinski definition) is 3. The molecule has 0 saturated heterocycles. The van der Waals surface area contributed by atoms with Gasteiger partial charge < -0.3 is 10.6 Å². The minimum atomic E-state index is -5.90. The minimum Gasteiger partial charge on any atom is -0.332 e. The SMILES string of the molecule is Cc1cccnc1NC(NC(=O)c1ccccc1)(C(F)(F)F)C(F)(F)F. The molecule has 0 unspecified atom stereocenters. The van der Waals surface area contributed by atoms with E-state index in [2.05, 4.69) is 4.98 Å². The lowest BCUT2D eigenvalue weighted by atomic mass is 10.1. The summed E-state index contributed by atoms with van der Waals surface area (Å²) in [5.41, 5.74) is -5.03. The number of pyridine rings is 1. The number of carbonyl (C=O) groups is 1. The molecule has 26 heavy (non-hydrogen) atoms. The van der Waals surface area contributed by atoms with Gasteiger partial charge in [0.05, 0.1) is 0 Å². The Morgan fingerprint density at radius 1 is 0.923 bits per heavy atom. The quantitative estimate of drug-likeness (QED) is 0.624. The molecule has 0 aliphatic carbocycles. The molecule has 0 atom stereocenters. The molecule has 0 radical (unpaired) electrons. The van der Waals surface area contributed by atoms with Crippen LogP contribution in [-0.2, 0) is 0 Å². The number of nitrogens with one attached hydrogen (secondary N) is 2. The number of anilines is 1. The van der Waals surface area contributed by atoms with Crippen LogP contribution in [0.2, 0.25) is 0 Å². The van der Waals surface area contributed by atoms with E-state index in [9.17, 15) is 31.1 Å². The molecular weight excluding hydrogens is 364 g/mol. The molecule has 0 bridgehead atoms. The zero-order valence-electron chi connectivity index (χ0n) is 13.2. The molecule has 1 amide bonds. The van der Waals surface area contributed by atoms with Crippen LogP contribution in [0.15, 0.2) is 48.7 Å². The highest BCUT2D eigenvalue weighted by atomic mass is 19.4. The predicted molar refractivity (Wildman–Crippen MR) is 81.3 cm³/mol. The Morgan fingerprint density at radius 3 is 2.00 bits per heavy atom. The molecule has 4 nitrogen and oxygen atoms in total. The van der Waals surface area contributed by atoms with Crippen molar-refractivity contribution < 1.29 is 31.1 Å². The highest BCUT2D eigenvalue weighted by Gasteiger charge is 2.73. The van der Waals surface area contributed by atoms with Crippen LogP contribution in [-0.4, -0.2) is 28.9 Å². The van der Waals surface area contributed by atoms with Gasteiger partial charge in [0.15, 0.2) is 0 Å². The molecule has 0 fully saturated rings. The van der Waals surface area contributed by atoms with E-state index >= 15 is 0 Å². The topological polar surface area (TPSA) is 54.0 Å². The summed E-state index contributed by atoms with van der Waals surface area (Å²) in [5, 5.41) is 2.41. The number of nitrogens with zero attached hydrogens (tertiary/aromatic N) is 1. The molecule has 0 spiro atoms.